The van der Waals surface area contributed by atoms with Crippen LogP contribution < -0.4 is 5.56 Å². The molecule has 3 heterocycles. The van der Waals surface area contributed by atoms with Crippen LogP contribution in [0.25, 0.3) is 34.0 Å². The predicted octanol–water partition coefficient (Wildman–Crippen LogP) is 4.95. The zero-order chi connectivity index (χ0) is 23.9. The molecule has 0 radical (unpaired) electrons. The van der Waals surface area contributed by atoms with E-state index >= 15 is 0 Å². The third-order valence-electron chi connectivity index (χ3n) is 4.75. The number of allylic oxidation sites excluding steroid dienone is 1. The van der Waals surface area contributed by atoms with Gasteiger partial charge in [-0.25, -0.2) is 4.98 Å². The number of methoxy groups -OCH3 is 1. The second-order valence-electron chi connectivity index (χ2n) is 6.77. The van der Waals surface area contributed by atoms with E-state index in [1.54, 1.807) is 25.1 Å². The van der Waals surface area contributed by atoms with E-state index in [0.717, 1.165) is 0 Å². The first-order valence-electron chi connectivity index (χ1n) is 9.33. The van der Waals surface area contributed by atoms with Gasteiger partial charge in [0.1, 0.15) is 27.8 Å². The van der Waals surface area contributed by atoms with Gasteiger partial charge in [-0.15, -0.1) is 6.42 Å². The molecule has 1 aromatic carbocycles. The predicted molar refractivity (Wildman–Crippen MR) is 115 cm³/mol. The third-order valence-corrected chi connectivity index (χ3v) is 5.03. The average Bonchev–Trinajstić information content (AvgIpc) is 3.33. The van der Waals surface area contributed by atoms with Crippen molar-refractivity contribution in [3.63, 3.8) is 0 Å². The molecule has 0 aliphatic carbocycles. The molecule has 33 heavy (non-hydrogen) atoms. The average molecular weight is 475 g/mol. The van der Waals surface area contributed by atoms with Gasteiger partial charge in [-0.3, -0.25) is 4.79 Å². The smallest absolute Gasteiger partial charge is 0.435 e. The van der Waals surface area contributed by atoms with E-state index in [1.807, 2.05) is 0 Å². The Morgan fingerprint density at radius 1 is 1.30 bits per heavy atom. The van der Waals surface area contributed by atoms with Crippen LogP contribution in [-0.4, -0.2) is 26.7 Å². The molecule has 0 bridgehead atoms. The number of aromatic amines is 1. The lowest BCUT2D eigenvalue weighted by Crippen LogP contribution is -2.19. The van der Waals surface area contributed by atoms with Crippen molar-refractivity contribution >= 4 is 23.0 Å². The molecular weight excluding hydrogens is 461 g/mol. The van der Waals surface area contributed by atoms with E-state index in [1.165, 1.54) is 25.3 Å². The highest BCUT2D eigenvalue weighted by atomic mass is 35.5. The number of alkyl halides is 3. The minimum absolute atomic E-state index is 0.198. The molecule has 7 nitrogen and oxygen atoms in total. The number of ether oxygens (including phenoxy) is 1. The minimum Gasteiger partial charge on any atom is -0.494 e. The molecule has 4 aromatic rings. The van der Waals surface area contributed by atoms with Crippen LogP contribution in [0, 0.1) is 19.3 Å². The molecule has 0 unspecified atom stereocenters. The number of aryl methyl sites for hydroxylation is 1. The number of nitrogens with zero attached hydrogens (tertiary/aromatic N) is 3. The van der Waals surface area contributed by atoms with Crippen molar-refractivity contribution in [3.8, 4) is 34.9 Å². The highest BCUT2D eigenvalue weighted by Gasteiger charge is 2.39. The van der Waals surface area contributed by atoms with Gasteiger partial charge in [-0.1, -0.05) is 47.9 Å². The molecule has 0 aliphatic heterocycles. The van der Waals surface area contributed by atoms with E-state index in [0.29, 0.717) is 4.52 Å². The van der Waals surface area contributed by atoms with Crippen LogP contribution >= 0.6 is 11.6 Å². The molecule has 3 aromatic heterocycles. The number of rotatable bonds is 4. The van der Waals surface area contributed by atoms with Crippen molar-refractivity contribution in [1.29, 1.82) is 0 Å². The van der Waals surface area contributed by atoms with Crippen molar-refractivity contribution in [2.75, 3.05) is 7.11 Å². The molecule has 11 heteroatoms. The number of H-pyrrole nitrogens is 1. The summed E-state index contributed by atoms with van der Waals surface area (Å²) in [5.74, 6) is 2.51. The largest absolute Gasteiger partial charge is 0.494 e. The van der Waals surface area contributed by atoms with Gasteiger partial charge < -0.3 is 14.1 Å². The summed E-state index contributed by atoms with van der Waals surface area (Å²) in [6.45, 7) is 1.55. The highest BCUT2D eigenvalue weighted by molar-refractivity contribution is 6.32. The Hall–Kier alpha value is -3.97. The van der Waals surface area contributed by atoms with Crippen LogP contribution in [0.4, 0.5) is 13.2 Å². The maximum absolute atomic E-state index is 13.8. The Morgan fingerprint density at radius 3 is 2.61 bits per heavy atom. The third kappa shape index (κ3) is 3.76. The number of oxazole rings is 1. The summed E-state index contributed by atoms with van der Waals surface area (Å²) in [5.41, 5.74) is -2.60. The number of nitrogens with one attached hydrogen (secondary N) is 1. The zero-order valence-corrected chi connectivity index (χ0v) is 17.9. The maximum atomic E-state index is 13.8. The Labute approximate surface area is 189 Å². The van der Waals surface area contributed by atoms with E-state index in [9.17, 15) is 18.0 Å². The first-order chi connectivity index (χ1) is 15.7. The number of aromatic nitrogens is 4. The van der Waals surface area contributed by atoms with E-state index < -0.39 is 17.4 Å². The fourth-order valence-electron chi connectivity index (χ4n) is 3.34. The summed E-state index contributed by atoms with van der Waals surface area (Å²) < 4.78 is 52.7. The van der Waals surface area contributed by atoms with Crippen LogP contribution in [0.15, 0.2) is 45.6 Å². The molecular formula is C22H14ClF3N4O3. The Kier molecular flexibility index (Phi) is 5.51. The van der Waals surface area contributed by atoms with Gasteiger partial charge in [0, 0.05) is 6.08 Å². The van der Waals surface area contributed by atoms with Crippen LogP contribution in [0.5, 0.6) is 0 Å². The fourth-order valence-corrected chi connectivity index (χ4v) is 3.59. The summed E-state index contributed by atoms with van der Waals surface area (Å²) in [6, 6.07) is 7.74. The van der Waals surface area contributed by atoms with Gasteiger partial charge in [0.25, 0.3) is 5.56 Å². The standard InChI is InChI=1S/C22H14ClF3N4O3/c1-4-8-13(32-3)16-11(2)33-20(27-16)15-18(23)28-19-14(12-9-6-5-7-10-12)17(22(24,25)26)29-30(19)21(15)31/h1,5-10,28H,2-3H3/b13-8+. The zero-order valence-electron chi connectivity index (χ0n) is 17.1. The van der Waals surface area contributed by atoms with E-state index in [-0.39, 0.29) is 50.6 Å². The number of hydrogen-bond donors (Lipinski definition) is 1. The molecule has 4 rings (SSSR count). The molecule has 1 N–H and O–H groups in total. The summed E-state index contributed by atoms with van der Waals surface area (Å²) in [4.78, 5) is 20.1. The van der Waals surface area contributed by atoms with Crippen molar-refractivity contribution in [3.05, 3.63) is 69.1 Å². The molecule has 0 aliphatic rings. The fraction of sp³-hybridized carbons (Fsp3) is 0.136. The van der Waals surface area contributed by atoms with Crippen molar-refractivity contribution < 1.29 is 22.3 Å². The molecule has 0 amide bonds. The van der Waals surface area contributed by atoms with Crippen molar-refractivity contribution in [2.45, 2.75) is 13.1 Å². The molecule has 0 fully saturated rings. The van der Waals surface area contributed by atoms with Crippen LogP contribution in [0.1, 0.15) is 17.1 Å². The van der Waals surface area contributed by atoms with Crippen molar-refractivity contribution in [1.82, 2.24) is 19.6 Å². The van der Waals surface area contributed by atoms with E-state index in [4.69, 9.17) is 27.2 Å². The van der Waals surface area contributed by atoms with Crippen LogP contribution in [0.3, 0.4) is 0 Å². The van der Waals surface area contributed by atoms with Crippen molar-refractivity contribution in [2.24, 2.45) is 0 Å². The lowest BCUT2D eigenvalue weighted by Gasteiger charge is -2.06. The van der Waals surface area contributed by atoms with E-state index in [2.05, 4.69) is 21.0 Å². The van der Waals surface area contributed by atoms with Gasteiger partial charge in [0.05, 0.1) is 12.7 Å². The lowest BCUT2D eigenvalue weighted by atomic mass is 10.1. The summed E-state index contributed by atoms with van der Waals surface area (Å²) >= 11 is 6.31. The monoisotopic (exact) mass is 474 g/mol. The van der Waals surface area contributed by atoms with Gasteiger partial charge in [-0.2, -0.15) is 22.8 Å². The second kappa shape index (κ2) is 8.18. The normalized spacial score (nSPS) is 12.2. The van der Waals surface area contributed by atoms with Gasteiger partial charge in [0.15, 0.2) is 11.5 Å². The maximum Gasteiger partial charge on any atom is 0.435 e. The molecule has 0 spiro atoms. The molecule has 0 saturated carbocycles. The number of fused-ring (bicyclic) bond motifs is 1. The number of benzene rings is 1. The Bertz CT molecular complexity index is 1490. The quantitative estimate of drug-likeness (QED) is 0.257. The number of halogens is 4. The number of hydrogen-bond acceptors (Lipinski definition) is 5. The summed E-state index contributed by atoms with van der Waals surface area (Å²) in [6.07, 6.45) is 1.75. The van der Waals surface area contributed by atoms with Crippen LogP contribution in [0.2, 0.25) is 5.15 Å². The van der Waals surface area contributed by atoms with Crippen LogP contribution in [-0.2, 0) is 10.9 Å². The summed E-state index contributed by atoms with van der Waals surface area (Å²) in [5, 5.41) is 3.28. The first kappa shape index (κ1) is 22.2. The van der Waals surface area contributed by atoms with Gasteiger partial charge in [0.2, 0.25) is 5.89 Å². The Balaban J connectivity index is 2.01. The second-order valence-corrected chi connectivity index (χ2v) is 7.15. The molecule has 0 atom stereocenters. The lowest BCUT2D eigenvalue weighted by molar-refractivity contribution is -0.140. The van der Waals surface area contributed by atoms with Gasteiger partial charge in [-0.05, 0) is 12.5 Å². The topological polar surface area (TPSA) is 85.4 Å². The summed E-state index contributed by atoms with van der Waals surface area (Å²) in [7, 11) is 1.37. The molecule has 168 valence electrons. The minimum atomic E-state index is -4.83. The first-order valence-corrected chi connectivity index (χ1v) is 9.70. The van der Waals surface area contributed by atoms with Gasteiger partial charge >= 0.3 is 6.18 Å². The molecule has 0 saturated heterocycles. The SMILES string of the molecule is C#C/C=C(/OC)c1nc(-c2c(Cl)[nH]c3c(-c4ccccc4)c(C(F)(F)F)nn3c2=O)oc1C. The highest BCUT2D eigenvalue weighted by Crippen LogP contribution is 2.39. The Morgan fingerprint density at radius 2 is 2.00 bits per heavy atom. The number of terminal acetylenes is 1.